The van der Waals surface area contributed by atoms with Gasteiger partial charge < -0.3 is 4.55 Å². The van der Waals surface area contributed by atoms with Gasteiger partial charge >= 0.3 is 21.1 Å². The summed E-state index contributed by atoms with van der Waals surface area (Å²) in [6.07, 6.45) is 36.8. The van der Waals surface area contributed by atoms with Crippen molar-refractivity contribution >= 4 is 89.6 Å². The van der Waals surface area contributed by atoms with Gasteiger partial charge in [0.25, 0.3) is 0 Å². The molecule has 7 nitrogen and oxygen atoms in total. The highest BCUT2D eigenvalue weighted by Crippen LogP contribution is 2.44. The SMILES string of the molecule is CCCCCC1CCC(C2CCC(C(=O)Cl)CC2)CC1.CCCCCC1CCC(C2CCC(C3=[S+]CCCS3)CC2)CC1.O=S(=O)(O)C(F)(F)F.O=S(=O)([O-])C(F)(F)F.SCCCS. The third-order valence-electron chi connectivity index (χ3n) is 13.4. The zero-order valence-corrected chi connectivity index (χ0v) is 43.7. The van der Waals surface area contributed by atoms with Crippen LogP contribution in [0.3, 0.4) is 0 Å². The van der Waals surface area contributed by atoms with Crippen LogP contribution in [0.2, 0.25) is 0 Å². The summed E-state index contributed by atoms with van der Waals surface area (Å²) in [5, 5.41) is -0.0944. The average molecular weight is 1060 g/mol. The van der Waals surface area contributed by atoms with Crippen molar-refractivity contribution in [3.8, 4) is 0 Å². The van der Waals surface area contributed by atoms with Crippen LogP contribution in [-0.2, 0) is 36.4 Å². The van der Waals surface area contributed by atoms with Crippen LogP contribution < -0.4 is 0 Å². The molecule has 1 N–H and O–H groups in total. The van der Waals surface area contributed by atoms with E-state index in [0.29, 0.717) is 0 Å². The monoisotopic (exact) mass is 1060 g/mol. The smallest absolute Gasteiger partial charge is 0.522 e. The molecule has 5 rings (SSSR count). The molecule has 4 fully saturated rings. The van der Waals surface area contributed by atoms with Gasteiger partial charge in [0.15, 0.2) is 27.2 Å². The summed E-state index contributed by atoms with van der Waals surface area (Å²) in [6.45, 7) is 4.62. The van der Waals surface area contributed by atoms with Crippen LogP contribution in [0, 0.1) is 47.3 Å². The molecule has 0 bridgehead atoms. The fourth-order valence-corrected chi connectivity index (χ4v) is 13.4. The minimum atomic E-state index is -6.09. The fourth-order valence-electron chi connectivity index (χ4n) is 9.66. The molecule has 0 atom stereocenters. The Labute approximate surface area is 406 Å². The van der Waals surface area contributed by atoms with Gasteiger partial charge in [-0.1, -0.05) is 103 Å². The molecule has 4 aliphatic carbocycles. The van der Waals surface area contributed by atoms with Gasteiger partial charge in [-0.2, -0.15) is 60.0 Å². The van der Waals surface area contributed by atoms with Crippen molar-refractivity contribution in [2.24, 2.45) is 47.3 Å². The van der Waals surface area contributed by atoms with E-state index in [1.807, 2.05) is 4.20 Å². The summed E-state index contributed by atoms with van der Waals surface area (Å²) >= 11 is 17.9. The second kappa shape index (κ2) is 33.2. The summed E-state index contributed by atoms with van der Waals surface area (Å²) < 4.78 is 118. The van der Waals surface area contributed by atoms with Crippen molar-refractivity contribution in [1.82, 2.24) is 0 Å². The lowest BCUT2D eigenvalue weighted by molar-refractivity contribution is -0.116. The second-order valence-electron chi connectivity index (χ2n) is 18.1. The molecule has 20 heteroatoms. The van der Waals surface area contributed by atoms with E-state index < -0.39 is 31.3 Å². The number of hydrogen-bond acceptors (Lipinski definition) is 9. The van der Waals surface area contributed by atoms with E-state index in [1.54, 1.807) is 38.5 Å². The Morgan fingerprint density at radius 3 is 1.30 bits per heavy atom. The maximum atomic E-state index is 11.2. The molecule has 0 amide bonds. The van der Waals surface area contributed by atoms with Gasteiger partial charge in [-0.15, -0.1) is 0 Å². The van der Waals surface area contributed by atoms with Crippen LogP contribution in [-0.4, -0.2) is 69.4 Å². The van der Waals surface area contributed by atoms with Crippen LogP contribution >= 0.6 is 48.6 Å². The Hall–Kier alpha value is 0.500. The number of carbonyl (C=O) groups excluding carboxylic acids is 1. The van der Waals surface area contributed by atoms with Crippen molar-refractivity contribution < 1.29 is 57.1 Å². The average Bonchev–Trinajstić information content (AvgIpc) is 3.25. The first-order valence-electron chi connectivity index (χ1n) is 23.6. The normalized spacial score (nSPS) is 27.9. The molecule has 1 heterocycles. The number of thiol groups is 2. The quantitative estimate of drug-likeness (QED) is 0.0229. The molecule has 5 aliphatic rings. The molecule has 0 spiro atoms. The highest BCUT2D eigenvalue weighted by molar-refractivity contribution is 8.23. The number of rotatable bonds is 14. The van der Waals surface area contributed by atoms with Gasteiger partial charge in [-0.25, -0.2) is 8.42 Å². The fraction of sp³-hybridized carbons (Fsp3) is 0.955. The maximum absolute atomic E-state index is 11.2. The number of halogens is 7. The number of alkyl halides is 6. The zero-order valence-electron chi connectivity index (χ0n) is 37.9. The topological polar surface area (TPSA) is 129 Å². The maximum Gasteiger partial charge on any atom is 0.522 e. The summed E-state index contributed by atoms with van der Waals surface area (Å²) in [5.74, 6) is 11.9. The molecule has 0 aromatic rings. The first-order chi connectivity index (χ1) is 30.0. The molecule has 380 valence electrons. The van der Waals surface area contributed by atoms with Crippen LogP contribution in [0.15, 0.2) is 0 Å². The largest absolute Gasteiger partial charge is 0.741 e. The highest BCUT2D eigenvalue weighted by Gasteiger charge is 2.44. The third kappa shape index (κ3) is 26.5. The second-order valence-corrected chi connectivity index (χ2v) is 24.7. The molecule has 0 radical (unpaired) electrons. The molecule has 0 aromatic carbocycles. The van der Waals surface area contributed by atoms with Gasteiger partial charge in [0.05, 0.1) is 0 Å². The summed E-state index contributed by atoms with van der Waals surface area (Å²) in [5.41, 5.74) is -11.2. The van der Waals surface area contributed by atoms with Crippen LogP contribution in [0.5, 0.6) is 0 Å². The number of unbranched alkanes of at least 4 members (excludes halogenated alkanes) is 4. The summed E-state index contributed by atoms with van der Waals surface area (Å²) in [6, 6.07) is 0. The van der Waals surface area contributed by atoms with Crippen molar-refractivity contribution in [3.63, 3.8) is 0 Å². The molecule has 4 saturated carbocycles. The minimum Gasteiger partial charge on any atom is -0.741 e. The third-order valence-corrected chi connectivity index (χ3v) is 18.4. The molecular weight excluding hydrogens is 982 g/mol. The van der Waals surface area contributed by atoms with Gasteiger partial charge in [0, 0.05) is 24.0 Å². The van der Waals surface area contributed by atoms with E-state index in [4.69, 9.17) is 37.5 Å². The highest BCUT2D eigenvalue weighted by atomic mass is 35.5. The first kappa shape index (κ1) is 62.5. The van der Waals surface area contributed by atoms with E-state index in [0.717, 1.165) is 72.2 Å². The van der Waals surface area contributed by atoms with Gasteiger partial charge in [-0.05, 0) is 142 Å². The predicted octanol–water partition coefficient (Wildman–Crippen LogP) is 14.2. The van der Waals surface area contributed by atoms with E-state index in [-0.39, 0.29) is 11.2 Å². The molecular formula is C44H77ClF6O7S6. The molecule has 64 heavy (non-hydrogen) atoms. The van der Waals surface area contributed by atoms with E-state index >= 15 is 0 Å². The lowest BCUT2D eigenvalue weighted by Gasteiger charge is -2.37. The van der Waals surface area contributed by atoms with Crippen molar-refractivity contribution in [2.45, 2.75) is 192 Å². The summed E-state index contributed by atoms with van der Waals surface area (Å²) in [7, 11) is -11.9. The van der Waals surface area contributed by atoms with Crippen LogP contribution in [0.4, 0.5) is 26.3 Å². The number of hydrogen-bond donors (Lipinski definition) is 3. The minimum absolute atomic E-state index is 0.0944. The van der Waals surface area contributed by atoms with Crippen molar-refractivity contribution in [2.75, 3.05) is 23.0 Å². The van der Waals surface area contributed by atoms with E-state index in [1.165, 1.54) is 121 Å². The lowest BCUT2D eigenvalue weighted by atomic mass is 9.69. The standard InChI is InChI=1S/C21H37S2.C18H31ClO.C3H8S2.2CHF3O3S/c1-2-3-4-6-17-7-9-18(10-8-17)19-11-13-20(14-12-19)21-22-15-5-16-23-21;1-2-3-4-5-14-6-8-15(9-7-14)16-10-12-17(13-11-16)18(19)20;4-2-1-3-5;2*2-1(3,4)8(5,6)7/h17-20H,2-16H2,1H3;14-17H,2-13H2,1H3;4-5H,1-3H2;2*(H,5,6,7)/q+1;;;;/p-1. The van der Waals surface area contributed by atoms with Gasteiger partial charge in [-0.3, -0.25) is 9.35 Å². The Morgan fingerprint density at radius 1 is 0.672 bits per heavy atom. The number of carbonyl (C=O) groups is 1. The summed E-state index contributed by atoms with van der Waals surface area (Å²) in [4.78, 5) is 11.2. The Kier molecular flexibility index (Phi) is 32.4. The Bertz CT molecular complexity index is 1440. The Morgan fingerprint density at radius 2 is 1.03 bits per heavy atom. The van der Waals surface area contributed by atoms with E-state index in [2.05, 4.69) is 62.2 Å². The zero-order chi connectivity index (χ0) is 48.4. The molecule has 0 aromatic heterocycles. The van der Waals surface area contributed by atoms with E-state index in [9.17, 15) is 31.1 Å². The first-order valence-corrected chi connectivity index (χ1v) is 30.0. The molecule has 1 aliphatic heterocycles. The lowest BCUT2D eigenvalue weighted by Crippen LogP contribution is -2.28. The Balaban J connectivity index is 0.000000450. The van der Waals surface area contributed by atoms with Crippen LogP contribution in [0.25, 0.3) is 0 Å². The molecule has 0 unspecified atom stereocenters. The van der Waals surface area contributed by atoms with Crippen LogP contribution in [0.1, 0.15) is 181 Å². The molecule has 0 saturated heterocycles. The van der Waals surface area contributed by atoms with Gasteiger partial charge in [0.2, 0.25) is 9.44 Å². The van der Waals surface area contributed by atoms with Crippen molar-refractivity contribution in [1.29, 1.82) is 0 Å². The predicted molar refractivity (Wildman–Crippen MR) is 261 cm³/mol. The number of thioether (sulfide) groups is 1. The van der Waals surface area contributed by atoms with Gasteiger partial charge in [0.1, 0.15) is 0 Å². The van der Waals surface area contributed by atoms with Crippen molar-refractivity contribution in [3.05, 3.63) is 0 Å².